The Bertz CT molecular complexity index is 249. The minimum Gasteiger partial charge on any atom is -0.481 e. The first-order chi connectivity index (χ1) is 7.81. The second-order valence-corrected chi connectivity index (χ2v) is 5.50. The van der Waals surface area contributed by atoms with Gasteiger partial charge in [0, 0.05) is 19.4 Å². The first-order valence-corrected chi connectivity index (χ1v) is 6.29. The molecule has 0 radical (unpaired) electrons. The fourth-order valence-corrected chi connectivity index (χ4v) is 1.85. The summed E-state index contributed by atoms with van der Waals surface area (Å²) in [5.41, 5.74) is 0. The van der Waals surface area contributed by atoms with Crippen molar-refractivity contribution in [1.29, 1.82) is 0 Å². The van der Waals surface area contributed by atoms with Gasteiger partial charge in [0.1, 0.15) is 0 Å². The van der Waals surface area contributed by atoms with E-state index >= 15 is 0 Å². The predicted octanol–water partition coefficient (Wildman–Crippen LogP) is 2.29. The van der Waals surface area contributed by atoms with E-state index in [-0.39, 0.29) is 18.2 Å². The Morgan fingerprint density at radius 3 is 2.06 bits per heavy atom. The number of hydrogen-bond donors (Lipinski definition) is 2. The third kappa shape index (κ3) is 9.85. The van der Waals surface area contributed by atoms with Gasteiger partial charge in [0.25, 0.3) is 0 Å². The summed E-state index contributed by atoms with van der Waals surface area (Å²) in [6, 6.07) is 0. The van der Waals surface area contributed by atoms with Crippen molar-refractivity contribution in [1.82, 2.24) is 5.32 Å². The molecule has 1 unspecified atom stereocenters. The Morgan fingerprint density at radius 2 is 1.65 bits per heavy atom. The van der Waals surface area contributed by atoms with E-state index in [4.69, 9.17) is 5.11 Å². The normalized spacial score (nSPS) is 12.8. The van der Waals surface area contributed by atoms with Gasteiger partial charge in [-0.3, -0.25) is 9.59 Å². The fourth-order valence-electron chi connectivity index (χ4n) is 1.85. The highest BCUT2D eigenvalue weighted by molar-refractivity contribution is 5.76. The maximum atomic E-state index is 11.5. The lowest BCUT2D eigenvalue weighted by Crippen LogP contribution is -2.31. The summed E-state index contributed by atoms with van der Waals surface area (Å²) in [4.78, 5) is 22.2. The standard InChI is InChI=1S/C13H25NO3/c1-9(2)5-11(7-13(16)17)8-14-12(15)6-10(3)4/h9-11H,5-8H2,1-4H3,(H,14,15)(H,16,17). The van der Waals surface area contributed by atoms with E-state index in [0.29, 0.717) is 24.8 Å². The molecule has 0 spiro atoms. The van der Waals surface area contributed by atoms with Crippen LogP contribution in [0.1, 0.15) is 47.0 Å². The SMILES string of the molecule is CC(C)CC(=O)NCC(CC(=O)O)CC(C)C. The van der Waals surface area contributed by atoms with Crippen LogP contribution < -0.4 is 5.32 Å². The van der Waals surface area contributed by atoms with E-state index in [1.54, 1.807) is 0 Å². The van der Waals surface area contributed by atoms with Gasteiger partial charge in [-0.2, -0.15) is 0 Å². The summed E-state index contributed by atoms with van der Waals surface area (Å²) in [7, 11) is 0. The molecule has 0 aromatic heterocycles. The number of carbonyl (C=O) groups excluding carboxylic acids is 1. The molecule has 0 bridgehead atoms. The van der Waals surface area contributed by atoms with Crippen LogP contribution in [-0.4, -0.2) is 23.5 Å². The van der Waals surface area contributed by atoms with Gasteiger partial charge in [-0.05, 0) is 24.2 Å². The Hall–Kier alpha value is -1.06. The molecule has 0 fully saturated rings. The number of carboxylic acid groups (broad SMARTS) is 1. The van der Waals surface area contributed by atoms with Crippen molar-refractivity contribution in [2.24, 2.45) is 17.8 Å². The van der Waals surface area contributed by atoms with Crippen LogP contribution in [0.25, 0.3) is 0 Å². The monoisotopic (exact) mass is 243 g/mol. The summed E-state index contributed by atoms with van der Waals surface area (Å²) in [6.45, 7) is 8.57. The number of nitrogens with one attached hydrogen (secondary N) is 1. The van der Waals surface area contributed by atoms with Crippen LogP contribution in [0.5, 0.6) is 0 Å². The highest BCUT2D eigenvalue weighted by Crippen LogP contribution is 2.14. The Balaban J connectivity index is 4.06. The lowest BCUT2D eigenvalue weighted by atomic mass is 9.94. The number of rotatable bonds is 8. The molecule has 0 aliphatic heterocycles. The molecule has 4 heteroatoms. The van der Waals surface area contributed by atoms with Crippen LogP contribution in [-0.2, 0) is 9.59 Å². The summed E-state index contributed by atoms with van der Waals surface area (Å²) >= 11 is 0. The smallest absolute Gasteiger partial charge is 0.303 e. The van der Waals surface area contributed by atoms with E-state index in [0.717, 1.165) is 6.42 Å². The molecule has 17 heavy (non-hydrogen) atoms. The second-order valence-electron chi connectivity index (χ2n) is 5.50. The second kappa shape index (κ2) is 8.09. The third-order valence-electron chi connectivity index (χ3n) is 2.45. The van der Waals surface area contributed by atoms with Crippen molar-refractivity contribution in [3.63, 3.8) is 0 Å². The molecule has 0 saturated carbocycles. The molecule has 100 valence electrons. The Labute approximate surface area is 104 Å². The van der Waals surface area contributed by atoms with Gasteiger partial charge in [-0.15, -0.1) is 0 Å². The predicted molar refractivity (Wildman–Crippen MR) is 67.7 cm³/mol. The summed E-state index contributed by atoms with van der Waals surface area (Å²) in [5.74, 6) is 0.0240. The van der Waals surface area contributed by atoms with E-state index < -0.39 is 5.97 Å². The average molecular weight is 243 g/mol. The molecule has 0 aliphatic rings. The quantitative estimate of drug-likeness (QED) is 0.687. The van der Waals surface area contributed by atoms with Gasteiger partial charge in [-0.1, -0.05) is 27.7 Å². The van der Waals surface area contributed by atoms with Crippen LogP contribution in [0.2, 0.25) is 0 Å². The van der Waals surface area contributed by atoms with Crippen LogP contribution >= 0.6 is 0 Å². The van der Waals surface area contributed by atoms with Crippen LogP contribution in [0.4, 0.5) is 0 Å². The van der Waals surface area contributed by atoms with E-state index in [1.807, 2.05) is 13.8 Å². The summed E-state index contributed by atoms with van der Waals surface area (Å²) in [6.07, 6.45) is 1.45. The topological polar surface area (TPSA) is 66.4 Å². The Morgan fingerprint density at radius 1 is 1.06 bits per heavy atom. The van der Waals surface area contributed by atoms with Crippen molar-refractivity contribution >= 4 is 11.9 Å². The highest BCUT2D eigenvalue weighted by atomic mass is 16.4. The van der Waals surface area contributed by atoms with Gasteiger partial charge in [0.2, 0.25) is 5.91 Å². The fraction of sp³-hybridized carbons (Fsp3) is 0.846. The summed E-state index contributed by atoms with van der Waals surface area (Å²) < 4.78 is 0. The maximum Gasteiger partial charge on any atom is 0.303 e. The van der Waals surface area contributed by atoms with Gasteiger partial charge in [0.15, 0.2) is 0 Å². The molecule has 4 nitrogen and oxygen atoms in total. The van der Waals surface area contributed by atoms with Gasteiger partial charge in [0.05, 0.1) is 0 Å². The largest absolute Gasteiger partial charge is 0.481 e. The molecular formula is C13H25NO3. The lowest BCUT2D eigenvalue weighted by molar-refractivity contribution is -0.138. The average Bonchev–Trinajstić information content (AvgIpc) is 2.11. The molecule has 0 saturated heterocycles. The molecule has 1 atom stereocenters. The van der Waals surface area contributed by atoms with Crippen molar-refractivity contribution in [3.8, 4) is 0 Å². The lowest BCUT2D eigenvalue weighted by Gasteiger charge is -2.18. The zero-order valence-corrected chi connectivity index (χ0v) is 11.3. The highest BCUT2D eigenvalue weighted by Gasteiger charge is 2.16. The molecule has 0 rings (SSSR count). The van der Waals surface area contributed by atoms with Crippen LogP contribution in [0.3, 0.4) is 0 Å². The van der Waals surface area contributed by atoms with Crippen LogP contribution in [0, 0.1) is 17.8 Å². The number of carboxylic acids is 1. The van der Waals surface area contributed by atoms with E-state index in [2.05, 4.69) is 19.2 Å². The molecule has 1 amide bonds. The number of carbonyl (C=O) groups is 2. The van der Waals surface area contributed by atoms with Crippen molar-refractivity contribution < 1.29 is 14.7 Å². The van der Waals surface area contributed by atoms with E-state index in [1.165, 1.54) is 0 Å². The van der Waals surface area contributed by atoms with Gasteiger partial charge in [-0.25, -0.2) is 0 Å². The third-order valence-corrected chi connectivity index (χ3v) is 2.45. The minimum absolute atomic E-state index is 0.0131. The maximum absolute atomic E-state index is 11.5. The zero-order valence-electron chi connectivity index (χ0n) is 11.3. The molecule has 0 aromatic carbocycles. The molecule has 0 aliphatic carbocycles. The molecule has 2 N–H and O–H groups in total. The molecule has 0 heterocycles. The van der Waals surface area contributed by atoms with Crippen molar-refractivity contribution in [2.75, 3.05) is 6.54 Å². The number of hydrogen-bond acceptors (Lipinski definition) is 2. The van der Waals surface area contributed by atoms with Gasteiger partial charge < -0.3 is 10.4 Å². The van der Waals surface area contributed by atoms with Crippen molar-refractivity contribution in [3.05, 3.63) is 0 Å². The Kier molecular flexibility index (Phi) is 7.59. The number of amides is 1. The minimum atomic E-state index is -0.797. The molecule has 0 aromatic rings. The van der Waals surface area contributed by atoms with E-state index in [9.17, 15) is 9.59 Å². The summed E-state index contributed by atoms with van der Waals surface area (Å²) in [5, 5.41) is 11.6. The first kappa shape index (κ1) is 15.9. The first-order valence-electron chi connectivity index (χ1n) is 6.29. The zero-order chi connectivity index (χ0) is 13.4. The van der Waals surface area contributed by atoms with Crippen molar-refractivity contribution in [2.45, 2.75) is 47.0 Å². The number of aliphatic carboxylic acids is 1. The molecular weight excluding hydrogens is 218 g/mol. The van der Waals surface area contributed by atoms with Gasteiger partial charge >= 0.3 is 5.97 Å². The van der Waals surface area contributed by atoms with Crippen LogP contribution in [0.15, 0.2) is 0 Å².